The molecule has 0 aromatic heterocycles. The lowest BCUT2D eigenvalue weighted by atomic mass is 10.1. The smallest absolute Gasteiger partial charge is 0.338 e. The zero-order valence-electron chi connectivity index (χ0n) is 9.13. The minimum Gasteiger partial charge on any atom is -0.456 e. The van der Waals surface area contributed by atoms with Gasteiger partial charge in [0.1, 0.15) is 11.4 Å². The van der Waals surface area contributed by atoms with E-state index in [0.717, 1.165) is 6.07 Å². The minimum absolute atomic E-state index is 0.204. The van der Waals surface area contributed by atoms with E-state index in [0.29, 0.717) is 0 Å². The highest BCUT2D eigenvalue weighted by molar-refractivity contribution is 5.89. The first-order valence-corrected chi connectivity index (χ1v) is 4.64. The molecule has 81 valence electrons. The highest BCUT2D eigenvalue weighted by atomic mass is 19.1. The van der Waals surface area contributed by atoms with Crippen LogP contribution < -0.4 is 0 Å². The van der Waals surface area contributed by atoms with Crippen molar-refractivity contribution < 1.29 is 13.9 Å². The normalized spacial score (nSPS) is 11.3. The van der Waals surface area contributed by atoms with Crippen molar-refractivity contribution in [2.45, 2.75) is 26.4 Å². The van der Waals surface area contributed by atoms with E-state index in [4.69, 9.17) is 4.74 Å². The van der Waals surface area contributed by atoms with Gasteiger partial charge in [0.2, 0.25) is 0 Å². The number of hydrogen-bond donors (Lipinski definition) is 0. The number of benzene rings is 1. The summed E-state index contributed by atoms with van der Waals surface area (Å²) in [5.41, 5.74) is -0.103. The molecule has 1 aromatic carbocycles. The van der Waals surface area contributed by atoms with E-state index in [9.17, 15) is 9.18 Å². The number of esters is 1. The van der Waals surface area contributed by atoms with Gasteiger partial charge >= 0.3 is 5.97 Å². The van der Waals surface area contributed by atoms with Gasteiger partial charge in [0.15, 0.2) is 0 Å². The zero-order chi connectivity index (χ0) is 11.6. The molecule has 0 bridgehead atoms. The summed E-state index contributed by atoms with van der Waals surface area (Å²) in [6.45, 7) is 8.75. The maximum atomic E-state index is 13.1. The van der Waals surface area contributed by atoms with Crippen LogP contribution in [-0.2, 0) is 4.74 Å². The molecule has 0 aliphatic carbocycles. The summed E-state index contributed by atoms with van der Waals surface area (Å²) < 4.78 is 18.2. The second-order valence-electron chi connectivity index (χ2n) is 4.31. The van der Waals surface area contributed by atoms with Gasteiger partial charge in [-0.15, -0.1) is 0 Å². The van der Waals surface area contributed by atoms with Crippen LogP contribution >= 0.6 is 0 Å². The van der Waals surface area contributed by atoms with Gasteiger partial charge in [0, 0.05) is 0 Å². The van der Waals surface area contributed by atoms with Crippen molar-refractivity contribution in [1.29, 1.82) is 0 Å². The quantitative estimate of drug-likeness (QED) is 0.665. The van der Waals surface area contributed by atoms with Crippen molar-refractivity contribution in [3.63, 3.8) is 0 Å². The fourth-order valence-electron chi connectivity index (χ4n) is 1.01. The van der Waals surface area contributed by atoms with Crippen molar-refractivity contribution in [3.8, 4) is 0 Å². The highest BCUT2D eigenvalue weighted by Crippen LogP contribution is 2.14. The summed E-state index contributed by atoms with van der Waals surface area (Å²) in [5, 5.41) is 0. The van der Waals surface area contributed by atoms with Crippen LogP contribution in [0.2, 0.25) is 0 Å². The molecule has 1 aromatic rings. The predicted octanol–water partition coefficient (Wildman–Crippen LogP) is 2.96. The van der Waals surface area contributed by atoms with Crippen molar-refractivity contribution in [2.75, 3.05) is 0 Å². The van der Waals surface area contributed by atoms with Crippen LogP contribution in [-0.4, -0.2) is 11.6 Å². The predicted molar refractivity (Wildman–Crippen MR) is 56.0 cm³/mol. The molecule has 0 atom stereocenters. The van der Waals surface area contributed by atoms with Crippen LogP contribution in [0, 0.1) is 12.7 Å². The highest BCUT2D eigenvalue weighted by Gasteiger charge is 2.18. The molecule has 0 spiro atoms. The third-order valence-electron chi connectivity index (χ3n) is 1.69. The van der Waals surface area contributed by atoms with Gasteiger partial charge in [0.25, 0.3) is 0 Å². The fraction of sp³-hybridized carbons (Fsp3) is 0.333. The third kappa shape index (κ3) is 3.35. The summed E-state index contributed by atoms with van der Waals surface area (Å²) >= 11 is 0. The van der Waals surface area contributed by atoms with Crippen LogP contribution in [0.25, 0.3) is 0 Å². The van der Waals surface area contributed by atoms with Crippen LogP contribution in [0.1, 0.15) is 36.7 Å². The number of halogens is 1. The number of hydrogen-bond acceptors (Lipinski definition) is 2. The summed E-state index contributed by atoms with van der Waals surface area (Å²) in [5.74, 6) is -1.03. The first-order chi connectivity index (χ1) is 6.79. The van der Waals surface area contributed by atoms with Gasteiger partial charge in [-0.25, -0.2) is 9.18 Å². The second kappa shape index (κ2) is 4.01. The van der Waals surface area contributed by atoms with Crippen molar-refractivity contribution >= 4 is 5.97 Å². The van der Waals surface area contributed by atoms with Gasteiger partial charge < -0.3 is 4.74 Å². The molecule has 0 unspecified atom stereocenters. The van der Waals surface area contributed by atoms with E-state index in [2.05, 4.69) is 6.92 Å². The van der Waals surface area contributed by atoms with Crippen LogP contribution in [0.15, 0.2) is 18.2 Å². The standard InChI is InChI=1S/C12H14FO2/c1-8-5-6-9(7-10(8)13)11(14)15-12(2,3)4/h5-7H,1H2,2-4H3. The van der Waals surface area contributed by atoms with Gasteiger partial charge in [0.05, 0.1) is 5.56 Å². The number of rotatable bonds is 1. The topological polar surface area (TPSA) is 26.3 Å². The van der Waals surface area contributed by atoms with E-state index >= 15 is 0 Å². The molecule has 2 nitrogen and oxygen atoms in total. The molecule has 0 heterocycles. The Morgan fingerprint density at radius 3 is 2.47 bits per heavy atom. The van der Waals surface area contributed by atoms with Gasteiger partial charge in [-0.1, -0.05) is 6.07 Å². The molecule has 1 rings (SSSR count). The van der Waals surface area contributed by atoms with Crippen molar-refractivity contribution in [3.05, 3.63) is 42.1 Å². The Hall–Kier alpha value is -1.38. The van der Waals surface area contributed by atoms with Crippen molar-refractivity contribution in [1.82, 2.24) is 0 Å². The summed E-state index contributed by atoms with van der Waals surface area (Å²) in [7, 11) is 0. The maximum absolute atomic E-state index is 13.1. The Balaban J connectivity index is 2.88. The monoisotopic (exact) mass is 209 g/mol. The zero-order valence-corrected chi connectivity index (χ0v) is 9.13. The Labute approximate surface area is 89.1 Å². The lowest BCUT2D eigenvalue weighted by Gasteiger charge is -2.19. The van der Waals surface area contributed by atoms with Gasteiger partial charge in [-0.3, -0.25) is 0 Å². The Kier molecular flexibility index (Phi) is 3.12. The van der Waals surface area contributed by atoms with Crippen LogP contribution in [0.4, 0.5) is 4.39 Å². The fourth-order valence-corrected chi connectivity index (χ4v) is 1.01. The van der Waals surface area contributed by atoms with Gasteiger partial charge in [-0.2, -0.15) is 0 Å². The largest absolute Gasteiger partial charge is 0.456 e. The Morgan fingerprint density at radius 2 is 2.00 bits per heavy atom. The molecule has 0 N–H and O–H groups in total. The molecule has 15 heavy (non-hydrogen) atoms. The minimum atomic E-state index is -0.573. The van der Waals surface area contributed by atoms with E-state index in [1.54, 1.807) is 20.8 Å². The molecule has 0 aliphatic heterocycles. The summed E-state index contributed by atoms with van der Waals surface area (Å²) in [4.78, 5) is 11.5. The first kappa shape index (κ1) is 11.7. The lowest BCUT2D eigenvalue weighted by Crippen LogP contribution is -2.23. The van der Waals surface area contributed by atoms with Gasteiger partial charge in [-0.05, 0) is 45.4 Å². The average molecular weight is 209 g/mol. The molecular weight excluding hydrogens is 195 g/mol. The molecular formula is C12H14FO2. The lowest BCUT2D eigenvalue weighted by molar-refractivity contribution is 0.00690. The molecule has 0 fully saturated rings. The average Bonchev–Trinajstić information content (AvgIpc) is 2.06. The van der Waals surface area contributed by atoms with Crippen molar-refractivity contribution in [2.24, 2.45) is 0 Å². The molecule has 1 radical (unpaired) electrons. The maximum Gasteiger partial charge on any atom is 0.338 e. The Morgan fingerprint density at radius 1 is 1.40 bits per heavy atom. The van der Waals surface area contributed by atoms with E-state index in [1.807, 2.05) is 0 Å². The summed E-state index contributed by atoms with van der Waals surface area (Å²) in [6.07, 6.45) is 0. The molecule has 0 aliphatic rings. The Bertz CT molecular complexity index is 378. The van der Waals surface area contributed by atoms with Crippen LogP contribution in [0.5, 0.6) is 0 Å². The molecule has 0 amide bonds. The summed E-state index contributed by atoms with van der Waals surface area (Å²) in [6, 6.07) is 4.09. The molecule has 0 saturated carbocycles. The van der Waals surface area contributed by atoms with E-state index < -0.39 is 17.4 Å². The molecule has 3 heteroatoms. The van der Waals surface area contributed by atoms with Crippen LogP contribution in [0.3, 0.4) is 0 Å². The molecule has 0 saturated heterocycles. The SMILES string of the molecule is [CH2]c1ccc(C(=O)OC(C)(C)C)cc1F. The number of carbonyl (C=O) groups excluding carboxylic acids is 1. The first-order valence-electron chi connectivity index (χ1n) is 4.64. The third-order valence-corrected chi connectivity index (χ3v) is 1.69. The number of ether oxygens (including phenoxy) is 1. The van der Waals surface area contributed by atoms with E-state index in [1.165, 1.54) is 12.1 Å². The van der Waals surface area contributed by atoms with E-state index in [-0.39, 0.29) is 11.1 Å². The number of carbonyl (C=O) groups is 1. The second-order valence-corrected chi connectivity index (χ2v) is 4.31.